The minimum absolute atomic E-state index is 0.421. The summed E-state index contributed by atoms with van der Waals surface area (Å²) in [6.45, 7) is 0. The molecule has 0 spiro atoms. The van der Waals surface area contributed by atoms with Gasteiger partial charge in [-0.3, -0.25) is 0 Å². The number of imidazole rings is 1. The minimum Gasteiger partial charge on any atom is -0.493 e. The number of halogens is 1. The zero-order valence-corrected chi connectivity index (χ0v) is 13.5. The average molecular weight is 353 g/mol. The molecule has 1 heterocycles. The van der Waals surface area contributed by atoms with Gasteiger partial charge in [-0.25, -0.2) is 9.66 Å². The van der Waals surface area contributed by atoms with Gasteiger partial charge in [0.1, 0.15) is 11.5 Å². The molecule has 1 fully saturated rings. The van der Waals surface area contributed by atoms with Crippen LogP contribution >= 0.6 is 15.9 Å². The van der Waals surface area contributed by atoms with E-state index in [4.69, 9.17) is 21.1 Å². The summed E-state index contributed by atoms with van der Waals surface area (Å²) in [4.78, 5) is 4.62. The first kappa shape index (κ1) is 14.1. The van der Waals surface area contributed by atoms with Crippen molar-refractivity contribution < 1.29 is 9.47 Å². The maximum atomic E-state index is 6.11. The Balaban J connectivity index is 2.14. The number of nitrogen functional groups attached to an aromatic ring is 2. The number of ether oxygens (including phenoxy) is 2. The molecule has 0 aliphatic heterocycles. The Hall–Kier alpha value is -1.89. The number of aromatic nitrogens is 2. The van der Waals surface area contributed by atoms with Crippen molar-refractivity contribution in [2.75, 3.05) is 25.8 Å². The summed E-state index contributed by atoms with van der Waals surface area (Å²) in [6.07, 6.45) is 2.22. The zero-order valence-electron chi connectivity index (χ0n) is 11.9. The van der Waals surface area contributed by atoms with Crippen LogP contribution in [0.4, 0.5) is 5.82 Å². The van der Waals surface area contributed by atoms with E-state index in [1.165, 1.54) is 4.68 Å². The first-order chi connectivity index (χ1) is 10.1. The van der Waals surface area contributed by atoms with Crippen LogP contribution in [-0.2, 0) is 0 Å². The lowest BCUT2D eigenvalue weighted by Gasteiger charge is -2.11. The number of hydrogen-bond donors (Lipinski definition) is 2. The number of rotatable bonds is 4. The zero-order chi connectivity index (χ0) is 15.1. The first-order valence-corrected chi connectivity index (χ1v) is 7.41. The smallest absolute Gasteiger partial charge is 0.161 e. The molecule has 1 aliphatic rings. The van der Waals surface area contributed by atoms with E-state index >= 15 is 0 Å². The molecule has 6 nitrogen and oxygen atoms in total. The molecule has 0 saturated heterocycles. The van der Waals surface area contributed by atoms with Crippen LogP contribution in [0.15, 0.2) is 16.6 Å². The third kappa shape index (κ3) is 2.31. The molecule has 1 saturated carbocycles. The van der Waals surface area contributed by atoms with Crippen LogP contribution in [0.25, 0.3) is 11.3 Å². The summed E-state index contributed by atoms with van der Waals surface area (Å²) in [5, 5.41) is 0. The van der Waals surface area contributed by atoms with E-state index < -0.39 is 0 Å². The largest absolute Gasteiger partial charge is 0.493 e. The second kappa shape index (κ2) is 5.14. The molecule has 0 amide bonds. The average Bonchev–Trinajstić information content (AvgIpc) is 3.28. The lowest BCUT2D eigenvalue weighted by Crippen LogP contribution is -2.14. The third-order valence-corrected chi connectivity index (χ3v) is 4.30. The molecule has 112 valence electrons. The van der Waals surface area contributed by atoms with Crippen LogP contribution in [0.2, 0.25) is 0 Å². The van der Waals surface area contributed by atoms with Crippen molar-refractivity contribution in [2.24, 2.45) is 0 Å². The molecule has 7 heteroatoms. The van der Waals surface area contributed by atoms with Gasteiger partial charge < -0.3 is 21.1 Å². The van der Waals surface area contributed by atoms with Gasteiger partial charge in [0.25, 0.3) is 0 Å². The summed E-state index contributed by atoms with van der Waals surface area (Å²) in [5.41, 5.74) is 7.60. The highest BCUT2D eigenvalue weighted by Gasteiger charge is 2.31. The van der Waals surface area contributed by atoms with Crippen LogP contribution in [0.3, 0.4) is 0 Å². The van der Waals surface area contributed by atoms with Gasteiger partial charge in [-0.05, 0) is 40.9 Å². The van der Waals surface area contributed by atoms with Crippen molar-refractivity contribution in [3.8, 4) is 22.8 Å². The van der Waals surface area contributed by atoms with Crippen LogP contribution < -0.4 is 21.1 Å². The molecule has 0 atom stereocenters. The number of nitrogens with zero attached hydrogens (tertiary/aromatic N) is 2. The van der Waals surface area contributed by atoms with Crippen molar-refractivity contribution >= 4 is 21.7 Å². The molecule has 0 unspecified atom stereocenters. The van der Waals surface area contributed by atoms with Gasteiger partial charge in [-0.2, -0.15) is 0 Å². The van der Waals surface area contributed by atoms with E-state index in [0.29, 0.717) is 28.9 Å². The van der Waals surface area contributed by atoms with Gasteiger partial charge in [0.2, 0.25) is 0 Å². The Bertz CT molecular complexity index is 695. The van der Waals surface area contributed by atoms with E-state index in [-0.39, 0.29) is 0 Å². The Morgan fingerprint density at radius 2 is 1.86 bits per heavy atom. The number of hydrogen-bond acceptors (Lipinski definition) is 5. The predicted octanol–water partition coefficient (Wildman–Crippen LogP) is 2.50. The van der Waals surface area contributed by atoms with Gasteiger partial charge >= 0.3 is 0 Å². The molecular formula is C14H17BrN4O2. The summed E-state index contributed by atoms with van der Waals surface area (Å²) in [5.74, 6) is 8.98. The second-order valence-corrected chi connectivity index (χ2v) is 5.89. The molecule has 1 aromatic carbocycles. The van der Waals surface area contributed by atoms with E-state index in [1.807, 2.05) is 12.1 Å². The minimum atomic E-state index is 0.421. The highest BCUT2D eigenvalue weighted by Crippen LogP contribution is 2.44. The molecule has 0 bridgehead atoms. The molecule has 4 N–H and O–H groups in total. The van der Waals surface area contributed by atoms with Gasteiger partial charge in [0, 0.05) is 16.0 Å². The Morgan fingerprint density at radius 3 is 2.43 bits per heavy atom. The number of nitrogens with two attached hydrogens (primary N) is 2. The summed E-state index contributed by atoms with van der Waals surface area (Å²) in [6, 6.07) is 3.68. The molecular weight excluding hydrogens is 336 g/mol. The van der Waals surface area contributed by atoms with E-state index in [9.17, 15) is 0 Å². The Kier molecular flexibility index (Phi) is 3.44. The molecule has 1 aliphatic carbocycles. The maximum Gasteiger partial charge on any atom is 0.161 e. The highest BCUT2D eigenvalue weighted by atomic mass is 79.9. The lowest BCUT2D eigenvalue weighted by atomic mass is 10.1. The fourth-order valence-corrected chi connectivity index (χ4v) is 2.84. The quantitative estimate of drug-likeness (QED) is 0.825. The standard InChI is InChI=1S/C14H17BrN4O2/c1-20-10-5-8(9(15)6-11(10)21-2)12-13(16)19(17)14(18-12)7-3-4-7/h5-7H,3-4,16-17H2,1-2H3. The van der Waals surface area contributed by atoms with Crippen molar-refractivity contribution in [1.29, 1.82) is 0 Å². The van der Waals surface area contributed by atoms with Crippen LogP contribution in [0.1, 0.15) is 24.6 Å². The molecule has 1 aromatic heterocycles. The molecule has 2 aromatic rings. The van der Waals surface area contributed by atoms with Crippen molar-refractivity contribution in [3.63, 3.8) is 0 Å². The fourth-order valence-electron chi connectivity index (χ4n) is 2.33. The Labute approximate surface area is 131 Å². The summed E-state index contributed by atoms with van der Waals surface area (Å²) >= 11 is 3.53. The van der Waals surface area contributed by atoms with Crippen molar-refractivity contribution in [3.05, 3.63) is 22.4 Å². The molecule has 3 rings (SSSR count). The number of benzene rings is 1. The number of anilines is 1. The predicted molar refractivity (Wildman–Crippen MR) is 85.0 cm³/mol. The summed E-state index contributed by atoms with van der Waals surface area (Å²) in [7, 11) is 3.19. The van der Waals surface area contributed by atoms with Crippen LogP contribution in [0, 0.1) is 0 Å². The van der Waals surface area contributed by atoms with Crippen molar-refractivity contribution in [2.45, 2.75) is 18.8 Å². The topological polar surface area (TPSA) is 88.3 Å². The van der Waals surface area contributed by atoms with Gasteiger partial charge in [-0.1, -0.05) is 0 Å². The second-order valence-electron chi connectivity index (χ2n) is 5.04. The molecule has 0 radical (unpaired) electrons. The lowest BCUT2D eigenvalue weighted by molar-refractivity contribution is 0.355. The fraction of sp³-hybridized carbons (Fsp3) is 0.357. The Morgan fingerprint density at radius 1 is 1.24 bits per heavy atom. The molecule has 21 heavy (non-hydrogen) atoms. The monoisotopic (exact) mass is 352 g/mol. The van der Waals surface area contributed by atoms with Gasteiger partial charge in [-0.15, -0.1) is 0 Å². The van der Waals surface area contributed by atoms with E-state index in [0.717, 1.165) is 28.7 Å². The highest BCUT2D eigenvalue weighted by molar-refractivity contribution is 9.10. The van der Waals surface area contributed by atoms with E-state index in [2.05, 4.69) is 20.9 Å². The van der Waals surface area contributed by atoms with Crippen molar-refractivity contribution in [1.82, 2.24) is 9.66 Å². The maximum absolute atomic E-state index is 6.11. The summed E-state index contributed by atoms with van der Waals surface area (Å²) < 4.78 is 12.9. The first-order valence-electron chi connectivity index (χ1n) is 6.61. The van der Waals surface area contributed by atoms with E-state index in [1.54, 1.807) is 14.2 Å². The van der Waals surface area contributed by atoms with Crippen LogP contribution in [-0.4, -0.2) is 23.9 Å². The normalized spacial score (nSPS) is 14.2. The van der Waals surface area contributed by atoms with Crippen LogP contribution in [0.5, 0.6) is 11.5 Å². The van der Waals surface area contributed by atoms with Gasteiger partial charge in [0.05, 0.1) is 14.2 Å². The SMILES string of the molecule is COc1cc(Br)c(-c2nc(C3CC3)n(N)c2N)cc1OC. The van der Waals surface area contributed by atoms with Gasteiger partial charge in [0.15, 0.2) is 17.3 Å². The number of methoxy groups -OCH3 is 2. The third-order valence-electron chi connectivity index (χ3n) is 3.65.